The highest BCUT2D eigenvalue weighted by Gasteiger charge is 2.15. The van der Waals surface area contributed by atoms with Gasteiger partial charge >= 0.3 is 0 Å². The molecular formula is C12H12BrN3O3S. The predicted octanol–water partition coefficient (Wildman–Crippen LogP) is 1.53. The molecule has 1 aromatic carbocycles. The molecule has 0 radical (unpaired) electrons. The largest absolute Gasteiger partial charge is 0.271 e. The van der Waals surface area contributed by atoms with Crippen LogP contribution in [0.4, 0.5) is 0 Å². The Labute approximate surface area is 124 Å². The van der Waals surface area contributed by atoms with Crippen molar-refractivity contribution in [1.29, 1.82) is 0 Å². The molecule has 0 aliphatic heterocycles. The molecule has 1 amide bonds. The second kappa shape index (κ2) is 5.47. The van der Waals surface area contributed by atoms with Crippen LogP contribution in [0.1, 0.15) is 10.4 Å². The van der Waals surface area contributed by atoms with Gasteiger partial charge in [-0.2, -0.15) is 0 Å². The van der Waals surface area contributed by atoms with Gasteiger partial charge in [0.1, 0.15) is 0 Å². The Morgan fingerprint density at radius 3 is 2.70 bits per heavy atom. The third kappa shape index (κ3) is 3.14. The minimum Gasteiger partial charge on any atom is -0.271 e. The smallest absolute Gasteiger partial charge is 0.266 e. The van der Waals surface area contributed by atoms with Crippen molar-refractivity contribution in [3.8, 4) is 0 Å². The van der Waals surface area contributed by atoms with E-state index < -0.39 is 15.9 Å². The fourth-order valence-electron chi connectivity index (χ4n) is 1.56. The first kappa shape index (κ1) is 14.9. The third-order valence-corrected chi connectivity index (χ3v) is 4.45. The summed E-state index contributed by atoms with van der Waals surface area (Å²) in [5.74, 6) is -0.497. The summed E-state index contributed by atoms with van der Waals surface area (Å²) in [4.78, 5) is 16.0. The van der Waals surface area contributed by atoms with Gasteiger partial charge in [0.25, 0.3) is 5.91 Å². The molecule has 0 saturated carbocycles. The summed E-state index contributed by atoms with van der Waals surface area (Å²) in [5, 5.41) is 1.71. The minimum absolute atomic E-state index is 0.361. The van der Waals surface area contributed by atoms with Crippen molar-refractivity contribution in [2.45, 2.75) is 0 Å². The Morgan fingerprint density at radius 2 is 2.05 bits per heavy atom. The number of hydrogen-bond acceptors (Lipinski definition) is 4. The van der Waals surface area contributed by atoms with Crippen molar-refractivity contribution >= 4 is 42.6 Å². The lowest BCUT2D eigenvalue weighted by Gasteiger charge is -2.15. The maximum Gasteiger partial charge on any atom is 0.266 e. The molecule has 1 N–H and O–H groups in total. The maximum atomic E-state index is 12.0. The van der Waals surface area contributed by atoms with Gasteiger partial charge in [-0.1, -0.05) is 6.07 Å². The van der Waals surface area contributed by atoms with Gasteiger partial charge in [-0.25, -0.2) is 8.42 Å². The lowest BCUT2D eigenvalue weighted by Crippen LogP contribution is -2.42. The molecule has 0 atom stereocenters. The SMILES string of the molecule is CN(NC(=O)c1ccc2cncc(Br)c2c1)S(C)(=O)=O. The minimum atomic E-state index is -3.47. The number of hydrogen-bond donors (Lipinski definition) is 1. The van der Waals surface area contributed by atoms with E-state index in [1.807, 2.05) is 0 Å². The first-order chi connectivity index (χ1) is 9.29. The number of amides is 1. The number of nitrogens with zero attached hydrogens (tertiary/aromatic N) is 2. The molecule has 0 spiro atoms. The summed E-state index contributed by atoms with van der Waals surface area (Å²) < 4.78 is 24.1. The Hall–Kier alpha value is -1.51. The lowest BCUT2D eigenvalue weighted by molar-refractivity contribution is 0.0894. The average Bonchev–Trinajstić information content (AvgIpc) is 2.37. The molecule has 0 unspecified atom stereocenters. The number of benzene rings is 1. The standard InChI is InChI=1S/C12H12BrN3O3S/c1-16(20(2,18)19)15-12(17)8-3-4-9-6-14-7-11(13)10(9)5-8/h3-7H,1-2H3,(H,15,17). The Kier molecular flexibility index (Phi) is 4.07. The Balaban J connectivity index is 2.34. The summed E-state index contributed by atoms with van der Waals surface area (Å²) in [6.45, 7) is 0. The summed E-state index contributed by atoms with van der Waals surface area (Å²) in [7, 11) is -2.20. The van der Waals surface area contributed by atoms with Crippen LogP contribution in [0.25, 0.3) is 10.8 Å². The van der Waals surface area contributed by atoms with Gasteiger partial charge in [-0.15, -0.1) is 4.41 Å². The molecule has 1 heterocycles. The van der Waals surface area contributed by atoms with Crippen LogP contribution in [0.15, 0.2) is 35.1 Å². The van der Waals surface area contributed by atoms with Gasteiger partial charge in [0.15, 0.2) is 0 Å². The van der Waals surface area contributed by atoms with E-state index in [1.165, 1.54) is 7.05 Å². The van der Waals surface area contributed by atoms with Crippen LogP contribution < -0.4 is 5.43 Å². The molecule has 106 valence electrons. The Morgan fingerprint density at radius 1 is 1.35 bits per heavy atom. The number of rotatable bonds is 3. The number of carbonyl (C=O) groups excluding carboxylic acids is 1. The van der Waals surface area contributed by atoms with Gasteiger partial charge in [-0.05, 0) is 33.4 Å². The molecule has 0 fully saturated rings. The number of hydrazine groups is 1. The average molecular weight is 358 g/mol. The number of fused-ring (bicyclic) bond motifs is 1. The van der Waals surface area contributed by atoms with Crippen LogP contribution in [0.5, 0.6) is 0 Å². The monoisotopic (exact) mass is 357 g/mol. The molecule has 6 nitrogen and oxygen atoms in total. The number of pyridine rings is 1. The van der Waals surface area contributed by atoms with E-state index in [2.05, 4.69) is 26.3 Å². The van der Waals surface area contributed by atoms with Crippen molar-refractivity contribution in [3.05, 3.63) is 40.6 Å². The molecule has 1 aromatic heterocycles. The zero-order valence-electron chi connectivity index (χ0n) is 10.8. The van der Waals surface area contributed by atoms with Crippen LogP contribution in [0.2, 0.25) is 0 Å². The summed E-state index contributed by atoms with van der Waals surface area (Å²) in [6.07, 6.45) is 4.33. The molecule has 0 bridgehead atoms. The van der Waals surface area contributed by atoms with Gasteiger partial charge in [0, 0.05) is 34.9 Å². The van der Waals surface area contributed by atoms with Gasteiger partial charge in [0.05, 0.1) is 6.26 Å². The second-order valence-electron chi connectivity index (χ2n) is 4.23. The molecule has 0 saturated heterocycles. The Bertz CT molecular complexity index is 777. The highest BCUT2D eigenvalue weighted by molar-refractivity contribution is 9.10. The van der Waals surface area contributed by atoms with Crippen molar-refractivity contribution in [2.75, 3.05) is 13.3 Å². The van der Waals surface area contributed by atoms with Crippen LogP contribution in [-0.4, -0.2) is 37.0 Å². The summed E-state index contributed by atoms with van der Waals surface area (Å²) in [6, 6.07) is 5.04. The van der Waals surface area contributed by atoms with Crippen molar-refractivity contribution in [2.24, 2.45) is 0 Å². The zero-order chi connectivity index (χ0) is 14.9. The van der Waals surface area contributed by atoms with E-state index in [4.69, 9.17) is 0 Å². The maximum absolute atomic E-state index is 12.0. The highest BCUT2D eigenvalue weighted by atomic mass is 79.9. The molecule has 20 heavy (non-hydrogen) atoms. The van der Waals surface area contributed by atoms with E-state index in [0.717, 1.165) is 25.9 Å². The van der Waals surface area contributed by atoms with Crippen LogP contribution >= 0.6 is 15.9 Å². The van der Waals surface area contributed by atoms with Crippen LogP contribution in [0, 0.1) is 0 Å². The fourth-order valence-corrected chi connectivity index (χ4v) is 2.27. The number of halogens is 1. The molecule has 0 aliphatic rings. The normalized spacial score (nSPS) is 11.8. The second-order valence-corrected chi connectivity index (χ2v) is 7.10. The lowest BCUT2D eigenvalue weighted by atomic mass is 10.1. The zero-order valence-corrected chi connectivity index (χ0v) is 13.2. The van der Waals surface area contributed by atoms with Crippen molar-refractivity contribution < 1.29 is 13.2 Å². The van der Waals surface area contributed by atoms with E-state index >= 15 is 0 Å². The summed E-state index contributed by atoms with van der Waals surface area (Å²) in [5.41, 5.74) is 2.66. The van der Waals surface area contributed by atoms with Gasteiger partial charge < -0.3 is 0 Å². The van der Waals surface area contributed by atoms with Gasteiger partial charge in [0.2, 0.25) is 10.0 Å². The topological polar surface area (TPSA) is 79.4 Å². The molecule has 2 aromatic rings. The molecule has 0 aliphatic carbocycles. The highest BCUT2D eigenvalue weighted by Crippen LogP contribution is 2.23. The van der Waals surface area contributed by atoms with E-state index in [0.29, 0.717) is 5.56 Å². The van der Waals surface area contributed by atoms with Crippen LogP contribution in [-0.2, 0) is 10.0 Å². The summed E-state index contributed by atoms with van der Waals surface area (Å²) >= 11 is 3.36. The third-order valence-electron chi connectivity index (χ3n) is 2.73. The van der Waals surface area contributed by atoms with E-state index in [-0.39, 0.29) is 0 Å². The molecule has 8 heteroatoms. The molecular weight excluding hydrogens is 346 g/mol. The number of aromatic nitrogens is 1. The molecule has 2 rings (SSSR count). The fraction of sp³-hybridized carbons (Fsp3) is 0.167. The van der Waals surface area contributed by atoms with E-state index in [1.54, 1.807) is 30.6 Å². The number of nitrogens with one attached hydrogen (secondary N) is 1. The first-order valence-corrected chi connectivity index (χ1v) is 8.21. The van der Waals surface area contributed by atoms with Crippen molar-refractivity contribution in [3.63, 3.8) is 0 Å². The van der Waals surface area contributed by atoms with Gasteiger partial charge in [-0.3, -0.25) is 15.2 Å². The predicted molar refractivity (Wildman–Crippen MR) is 79.5 cm³/mol. The van der Waals surface area contributed by atoms with Crippen LogP contribution in [0.3, 0.4) is 0 Å². The van der Waals surface area contributed by atoms with E-state index in [9.17, 15) is 13.2 Å². The first-order valence-electron chi connectivity index (χ1n) is 5.57. The number of carbonyl (C=O) groups is 1. The quantitative estimate of drug-likeness (QED) is 0.844. The number of sulfonamides is 1. The van der Waals surface area contributed by atoms with Crippen molar-refractivity contribution in [1.82, 2.24) is 14.8 Å².